The number of carbonyl (C=O) groups is 1. The van der Waals surface area contributed by atoms with Crippen LogP contribution in [0.1, 0.15) is 26.7 Å². The Kier molecular flexibility index (Phi) is 8.56. The van der Waals surface area contributed by atoms with Gasteiger partial charge in [-0.15, -0.1) is 0 Å². The van der Waals surface area contributed by atoms with Crippen molar-refractivity contribution in [2.24, 2.45) is 11.1 Å². The van der Waals surface area contributed by atoms with Crippen LogP contribution >= 0.6 is 0 Å². The highest BCUT2D eigenvalue weighted by Crippen LogP contribution is 2.21. The third-order valence-electron chi connectivity index (χ3n) is 2.76. The summed E-state index contributed by atoms with van der Waals surface area (Å²) in [5.74, 6) is 0. The van der Waals surface area contributed by atoms with Crippen LogP contribution in [0.5, 0.6) is 0 Å². The van der Waals surface area contributed by atoms with Crippen LogP contribution in [0.3, 0.4) is 0 Å². The quantitative estimate of drug-likeness (QED) is 0.358. The molecule has 1 unspecified atom stereocenters. The molecule has 0 saturated heterocycles. The molecule has 90 valence electrons. The Morgan fingerprint density at radius 3 is 2.27 bits per heavy atom. The zero-order valence-electron chi connectivity index (χ0n) is 10.0. The third kappa shape index (κ3) is 7.48. The Labute approximate surface area is 93.0 Å². The Hall–Kier alpha value is -0.450. The van der Waals surface area contributed by atoms with Gasteiger partial charge >= 0.3 is 0 Å². The normalized spacial score (nSPS) is 14.9. The van der Waals surface area contributed by atoms with Gasteiger partial charge < -0.3 is 21.2 Å². The highest BCUT2D eigenvalue weighted by Gasteiger charge is 2.19. The first-order valence-corrected chi connectivity index (χ1v) is 5.76. The number of nitrogens with two attached hydrogens (primary N) is 1. The van der Waals surface area contributed by atoms with Crippen molar-refractivity contribution < 1.29 is 4.79 Å². The number of nitrogens with one attached hydrogen (secondary N) is 2. The van der Waals surface area contributed by atoms with Crippen molar-refractivity contribution >= 4 is 6.29 Å². The monoisotopic (exact) mass is 215 g/mol. The van der Waals surface area contributed by atoms with Crippen molar-refractivity contribution in [1.29, 1.82) is 0 Å². The first-order valence-electron chi connectivity index (χ1n) is 5.76. The molecule has 0 spiro atoms. The number of aldehydes is 1. The van der Waals surface area contributed by atoms with E-state index in [4.69, 9.17) is 5.73 Å². The number of hydrogen-bond acceptors (Lipinski definition) is 4. The summed E-state index contributed by atoms with van der Waals surface area (Å²) >= 11 is 0. The van der Waals surface area contributed by atoms with Gasteiger partial charge in [-0.1, -0.05) is 13.8 Å². The lowest BCUT2D eigenvalue weighted by atomic mass is 9.86. The Bertz CT molecular complexity index is 164. The third-order valence-corrected chi connectivity index (χ3v) is 2.76. The molecule has 0 aliphatic heterocycles. The van der Waals surface area contributed by atoms with Crippen LogP contribution < -0.4 is 16.4 Å². The van der Waals surface area contributed by atoms with Crippen LogP contribution in [0, 0.1) is 5.41 Å². The fourth-order valence-electron chi connectivity index (χ4n) is 1.22. The first kappa shape index (κ1) is 14.6. The molecule has 4 N–H and O–H groups in total. The van der Waals surface area contributed by atoms with Crippen LogP contribution in [0.25, 0.3) is 0 Å². The van der Waals surface area contributed by atoms with E-state index in [1.165, 1.54) is 0 Å². The second-order valence-corrected chi connectivity index (χ2v) is 4.16. The molecule has 0 saturated carbocycles. The SMILES string of the molecule is CCC(C)(C=O)CCNCCNCCN. The van der Waals surface area contributed by atoms with Crippen LogP contribution in [-0.2, 0) is 4.79 Å². The minimum atomic E-state index is -0.155. The lowest BCUT2D eigenvalue weighted by molar-refractivity contribution is -0.115. The van der Waals surface area contributed by atoms with Crippen molar-refractivity contribution in [3.05, 3.63) is 0 Å². The number of carbonyl (C=O) groups excluding carboxylic acids is 1. The van der Waals surface area contributed by atoms with Gasteiger partial charge in [0.1, 0.15) is 6.29 Å². The molecular weight excluding hydrogens is 190 g/mol. The van der Waals surface area contributed by atoms with Gasteiger partial charge in [-0.25, -0.2) is 0 Å². The molecule has 0 heterocycles. The summed E-state index contributed by atoms with van der Waals surface area (Å²) in [6.45, 7) is 8.36. The maximum Gasteiger partial charge on any atom is 0.125 e. The lowest BCUT2D eigenvalue weighted by Crippen LogP contribution is -2.32. The molecule has 0 aromatic carbocycles. The summed E-state index contributed by atoms with van der Waals surface area (Å²) in [4.78, 5) is 10.8. The molecule has 4 nitrogen and oxygen atoms in total. The van der Waals surface area contributed by atoms with E-state index in [-0.39, 0.29) is 5.41 Å². The Morgan fingerprint density at radius 2 is 1.80 bits per heavy atom. The fraction of sp³-hybridized carbons (Fsp3) is 0.909. The Balaban J connectivity index is 3.33. The smallest absolute Gasteiger partial charge is 0.125 e. The zero-order valence-corrected chi connectivity index (χ0v) is 10.0. The van der Waals surface area contributed by atoms with Gasteiger partial charge in [0.25, 0.3) is 0 Å². The van der Waals surface area contributed by atoms with Gasteiger partial charge in [0, 0.05) is 31.6 Å². The van der Waals surface area contributed by atoms with Crippen LogP contribution in [0.2, 0.25) is 0 Å². The van der Waals surface area contributed by atoms with Crippen molar-refractivity contribution in [2.75, 3.05) is 32.7 Å². The summed E-state index contributed by atoms with van der Waals surface area (Å²) < 4.78 is 0. The summed E-state index contributed by atoms with van der Waals surface area (Å²) in [6.07, 6.45) is 2.88. The van der Waals surface area contributed by atoms with E-state index in [2.05, 4.69) is 17.6 Å². The molecular formula is C11H25N3O. The lowest BCUT2D eigenvalue weighted by Gasteiger charge is -2.20. The molecule has 0 aromatic heterocycles. The zero-order chi connectivity index (χ0) is 11.6. The van der Waals surface area contributed by atoms with Gasteiger partial charge in [0.05, 0.1) is 0 Å². The number of rotatable bonds is 10. The van der Waals surface area contributed by atoms with Crippen molar-refractivity contribution in [2.45, 2.75) is 26.7 Å². The van der Waals surface area contributed by atoms with Crippen LogP contribution in [0.4, 0.5) is 0 Å². The van der Waals surface area contributed by atoms with E-state index in [9.17, 15) is 4.79 Å². The van der Waals surface area contributed by atoms with E-state index in [1.54, 1.807) is 0 Å². The van der Waals surface area contributed by atoms with E-state index in [0.29, 0.717) is 6.54 Å². The molecule has 0 amide bonds. The minimum absolute atomic E-state index is 0.155. The average Bonchev–Trinajstić information content (AvgIpc) is 2.27. The molecule has 0 fully saturated rings. The molecule has 1 atom stereocenters. The van der Waals surface area contributed by atoms with Crippen molar-refractivity contribution in [1.82, 2.24) is 10.6 Å². The van der Waals surface area contributed by atoms with Crippen molar-refractivity contribution in [3.63, 3.8) is 0 Å². The fourth-order valence-corrected chi connectivity index (χ4v) is 1.22. The molecule has 0 radical (unpaired) electrons. The van der Waals surface area contributed by atoms with Crippen LogP contribution in [-0.4, -0.2) is 39.0 Å². The van der Waals surface area contributed by atoms with Crippen LogP contribution in [0.15, 0.2) is 0 Å². The predicted molar refractivity (Wildman–Crippen MR) is 63.9 cm³/mol. The molecule has 4 heteroatoms. The van der Waals surface area contributed by atoms with Gasteiger partial charge in [-0.2, -0.15) is 0 Å². The summed E-state index contributed by atoms with van der Waals surface area (Å²) in [5, 5.41) is 6.51. The molecule has 0 rings (SSSR count). The highest BCUT2D eigenvalue weighted by molar-refractivity contribution is 5.58. The summed E-state index contributed by atoms with van der Waals surface area (Å²) in [7, 11) is 0. The molecule has 0 aliphatic rings. The molecule has 0 aliphatic carbocycles. The number of hydrogen-bond donors (Lipinski definition) is 3. The molecule has 0 aromatic rings. The standard InChI is InChI=1S/C11H25N3O/c1-3-11(2,10-15)4-6-13-8-9-14-7-5-12/h10,13-14H,3-9,12H2,1-2H3. The minimum Gasteiger partial charge on any atom is -0.329 e. The first-order chi connectivity index (χ1) is 7.18. The highest BCUT2D eigenvalue weighted by atomic mass is 16.1. The Morgan fingerprint density at radius 1 is 1.20 bits per heavy atom. The van der Waals surface area contributed by atoms with Gasteiger partial charge in [-0.3, -0.25) is 0 Å². The summed E-state index contributed by atoms with van der Waals surface area (Å²) in [5.41, 5.74) is 5.19. The second kappa shape index (κ2) is 8.83. The van der Waals surface area contributed by atoms with E-state index in [0.717, 1.165) is 45.3 Å². The molecule has 15 heavy (non-hydrogen) atoms. The van der Waals surface area contributed by atoms with E-state index >= 15 is 0 Å². The van der Waals surface area contributed by atoms with E-state index < -0.39 is 0 Å². The van der Waals surface area contributed by atoms with Gasteiger partial charge in [-0.05, 0) is 19.4 Å². The maximum atomic E-state index is 10.8. The van der Waals surface area contributed by atoms with E-state index in [1.807, 2.05) is 6.92 Å². The maximum absolute atomic E-state index is 10.8. The topological polar surface area (TPSA) is 67.2 Å². The average molecular weight is 215 g/mol. The summed E-state index contributed by atoms with van der Waals surface area (Å²) in [6, 6.07) is 0. The predicted octanol–water partition coefficient (Wildman–Crippen LogP) is 0.130. The van der Waals surface area contributed by atoms with Gasteiger partial charge in [0.15, 0.2) is 0 Å². The largest absolute Gasteiger partial charge is 0.329 e. The van der Waals surface area contributed by atoms with Gasteiger partial charge in [0.2, 0.25) is 0 Å². The van der Waals surface area contributed by atoms with Crippen molar-refractivity contribution in [3.8, 4) is 0 Å². The second-order valence-electron chi connectivity index (χ2n) is 4.16. The molecule has 0 bridgehead atoms.